The third kappa shape index (κ3) is 1.42. The fourth-order valence-corrected chi connectivity index (χ4v) is 1.03. The molecule has 1 heterocycles. The van der Waals surface area contributed by atoms with Crippen LogP contribution < -0.4 is 0 Å². The summed E-state index contributed by atoms with van der Waals surface area (Å²) >= 11 is 0. The number of ether oxygens (including phenoxy) is 2. The van der Waals surface area contributed by atoms with Crippen molar-refractivity contribution >= 4 is 12.4 Å². The fourth-order valence-electron chi connectivity index (χ4n) is 1.03. The van der Waals surface area contributed by atoms with Gasteiger partial charge in [-0.1, -0.05) is 0 Å². The van der Waals surface area contributed by atoms with Crippen molar-refractivity contribution < 1.29 is 27.4 Å². The minimum absolute atomic E-state index is 0.620. The molecule has 0 aliphatic carbocycles. The fraction of sp³-hybridized carbons (Fsp3) is 0.714. The second-order valence-corrected chi connectivity index (χ2v) is 2.90. The predicted octanol–water partition coefficient (Wildman–Crippen LogP) is 0.907. The highest BCUT2D eigenvalue weighted by Gasteiger charge is 2.63. The van der Waals surface area contributed by atoms with Crippen molar-refractivity contribution in [3.63, 3.8) is 0 Å². The molecule has 4 nitrogen and oxygen atoms in total. The highest BCUT2D eigenvalue weighted by Crippen LogP contribution is 2.39. The van der Waals surface area contributed by atoms with Gasteiger partial charge < -0.3 is 9.47 Å². The molecule has 14 heavy (non-hydrogen) atoms. The van der Waals surface area contributed by atoms with E-state index in [1.807, 2.05) is 0 Å². The SMILES string of the molecule is COC(=O)[C@H]1N=CO[C@]1(C)C(F)(F)F. The summed E-state index contributed by atoms with van der Waals surface area (Å²) in [4.78, 5) is 14.2. The molecule has 0 saturated carbocycles. The molecule has 7 heteroatoms. The van der Waals surface area contributed by atoms with Crippen LogP contribution in [0, 0.1) is 0 Å². The molecular weight excluding hydrogens is 203 g/mol. The van der Waals surface area contributed by atoms with Crippen LogP contribution in [0.15, 0.2) is 4.99 Å². The number of halogens is 3. The van der Waals surface area contributed by atoms with Gasteiger partial charge in [0, 0.05) is 0 Å². The van der Waals surface area contributed by atoms with E-state index in [2.05, 4.69) is 14.5 Å². The molecule has 2 atom stereocenters. The first kappa shape index (κ1) is 10.8. The van der Waals surface area contributed by atoms with Crippen LogP contribution in [0.2, 0.25) is 0 Å². The molecule has 0 bridgehead atoms. The minimum atomic E-state index is -4.68. The maximum Gasteiger partial charge on any atom is 0.430 e. The number of carbonyl (C=O) groups is 1. The zero-order valence-electron chi connectivity index (χ0n) is 7.46. The Labute approximate surface area is 77.7 Å². The largest absolute Gasteiger partial charge is 0.467 e. The summed E-state index contributed by atoms with van der Waals surface area (Å²) in [5, 5.41) is 0. The van der Waals surface area contributed by atoms with E-state index in [0.717, 1.165) is 14.0 Å². The number of esters is 1. The lowest BCUT2D eigenvalue weighted by atomic mass is 9.97. The first-order valence-electron chi connectivity index (χ1n) is 3.67. The van der Waals surface area contributed by atoms with Crippen LogP contribution in [0.1, 0.15) is 6.92 Å². The molecule has 0 fully saturated rings. The number of hydrogen-bond acceptors (Lipinski definition) is 4. The lowest BCUT2D eigenvalue weighted by Gasteiger charge is -2.29. The molecule has 1 rings (SSSR count). The van der Waals surface area contributed by atoms with Gasteiger partial charge in [0.15, 0.2) is 12.4 Å². The summed E-state index contributed by atoms with van der Waals surface area (Å²) in [6.07, 6.45) is -4.06. The topological polar surface area (TPSA) is 47.9 Å². The van der Waals surface area contributed by atoms with Gasteiger partial charge in [0.1, 0.15) is 0 Å². The summed E-state index contributed by atoms with van der Waals surface area (Å²) in [6, 6.07) is -1.69. The van der Waals surface area contributed by atoms with Gasteiger partial charge in [0.2, 0.25) is 5.60 Å². The Morgan fingerprint density at radius 1 is 1.64 bits per heavy atom. The average molecular weight is 211 g/mol. The second kappa shape index (κ2) is 3.14. The zero-order chi connectivity index (χ0) is 11.0. The highest BCUT2D eigenvalue weighted by molar-refractivity contribution is 5.81. The lowest BCUT2D eigenvalue weighted by Crippen LogP contribution is -2.53. The number of rotatable bonds is 1. The summed E-state index contributed by atoms with van der Waals surface area (Å²) in [5.74, 6) is -1.07. The van der Waals surface area contributed by atoms with Crippen molar-refractivity contribution in [3.8, 4) is 0 Å². The van der Waals surface area contributed by atoms with Gasteiger partial charge in [-0.15, -0.1) is 0 Å². The molecule has 0 radical (unpaired) electrons. The first-order chi connectivity index (χ1) is 6.33. The molecule has 80 valence electrons. The van der Waals surface area contributed by atoms with Crippen LogP contribution in [-0.2, 0) is 14.3 Å². The molecule has 0 aromatic carbocycles. The Bertz CT molecular complexity index is 276. The van der Waals surface area contributed by atoms with Crippen molar-refractivity contribution in [2.45, 2.75) is 24.7 Å². The Balaban J connectivity index is 2.96. The Morgan fingerprint density at radius 3 is 2.64 bits per heavy atom. The molecule has 0 aromatic heterocycles. The highest BCUT2D eigenvalue weighted by atomic mass is 19.4. The minimum Gasteiger partial charge on any atom is -0.467 e. The van der Waals surface area contributed by atoms with E-state index < -0.39 is 23.8 Å². The Hall–Kier alpha value is -1.27. The number of nitrogens with zero attached hydrogens (tertiary/aromatic N) is 1. The molecule has 0 amide bonds. The van der Waals surface area contributed by atoms with Crippen molar-refractivity contribution in [2.75, 3.05) is 7.11 Å². The molecule has 0 saturated heterocycles. The van der Waals surface area contributed by atoms with E-state index in [1.54, 1.807) is 0 Å². The molecule has 1 aliphatic heterocycles. The van der Waals surface area contributed by atoms with Crippen LogP contribution in [0.3, 0.4) is 0 Å². The van der Waals surface area contributed by atoms with Gasteiger partial charge in [-0.25, -0.2) is 9.79 Å². The molecule has 0 spiro atoms. The standard InChI is InChI=1S/C7H8F3NO3/c1-6(7(8,9)10)4(5(12)13-2)11-3-14-6/h3-4H,1-2H3/t4-,6+/m1/s1. The van der Waals surface area contributed by atoms with E-state index in [0.29, 0.717) is 6.40 Å². The van der Waals surface area contributed by atoms with Gasteiger partial charge in [0.05, 0.1) is 7.11 Å². The number of methoxy groups -OCH3 is 1. The van der Waals surface area contributed by atoms with Crippen molar-refractivity contribution in [2.24, 2.45) is 4.99 Å². The summed E-state index contributed by atoms with van der Waals surface area (Å²) in [6.45, 7) is 0.752. The number of carbonyl (C=O) groups excluding carboxylic acids is 1. The maximum absolute atomic E-state index is 12.5. The average Bonchev–Trinajstić information content (AvgIpc) is 2.46. The van der Waals surface area contributed by atoms with E-state index >= 15 is 0 Å². The van der Waals surface area contributed by atoms with Crippen LogP contribution in [0.25, 0.3) is 0 Å². The maximum atomic E-state index is 12.5. The predicted molar refractivity (Wildman–Crippen MR) is 39.8 cm³/mol. The first-order valence-corrected chi connectivity index (χ1v) is 3.67. The quantitative estimate of drug-likeness (QED) is 0.605. The molecule has 1 aliphatic rings. The molecular formula is C7H8F3NO3. The van der Waals surface area contributed by atoms with Crippen LogP contribution in [0.5, 0.6) is 0 Å². The monoisotopic (exact) mass is 211 g/mol. The molecule has 0 N–H and O–H groups in total. The summed E-state index contributed by atoms with van der Waals surface area (Å²) in [7, 11) is 0.993. The smallest absolute Gasteiger partial charge is 0.430 e. The van der Waals surface area contributed by atoms with Crippen molar-refractivity contribution in [1.29, 1.82) is 0 Å². The van der Waals surface area contributed by atoms with E-state index in [4.69, 9.17) is 0 Å². The molecule has 0 unspecified atom stereocenters. The zero-order valence-corrected chi connectivity index (χ0v) is 7.46. The van der Waals surface area contributed by atoms with E-state index in [-0.39, 0.29) is 0 Å². The van der Waals surface area contributed by atoms with E-state index in [1.165, 1.54) is 0 Å². The van der Waals surface area contributed by atoms with Crippen LogP contribution in [0.4, 0.5) is 13.2 Å². The van der Waals surface area contributed by atoms with Gasteiger partial charge in [-0.2, -0.15) is 13.2 Å². The Morgan fingerprint density at radius 2 is 2.21 bits per heavy atom. The van der Waals surface area contributed by atoms with Gasteiger partial charge in [-0.3, -0.25) is 0 Å². The number of alkyl halides is 3. The number of hydrogen-bond donors (Lipinski definition) is 0. The normalized spacial score (nSPS) is 31.4. The lowest BCUT2D eigenvalue weighted by molar-refractivity contribution is -0.246. The summed E-state index contributed by atoms with van der Waals surface area (Å²) < 4.78 is 46.0. The van der Waals surface area contributed by atoms with Gasteiger partial charge >= 0.3 is 12.1 Å². The molecule has 0 aromatic rings. The van der Waals surface area contributed by atoms with Crippen LogP contribution in [-0.4, -0.2) is 37.3 Å². The third-order valence-corrected chi connectivity index (χ3v) is 2.02. The Kier molecular flexibility index (Phi) is 2.43. The van der Waals surface area contributed by atoms with E-state index in [9.17, 15) is 18.0 Å². The van der Waals surface area contributed by atoms with Gasteiger partial charge in [-0.05, 0) is 6.92 Å². The second-order valence-electron chi connectivity index (χ2n) is 2.90. The third-order valence-electron chi connectivity index (χ3n) is 2.02. The van der Waals surface area contributed by atoms with Crippen molar-refractivity contribution in [1.82, 2.24) is 0 Å². The van der Waals surface area contributed by atoms with Crippen LogP contribution >= 0.6 is 0 Å². The number of aliphatic imine (C=N–C) groups is 1. The van der Waals surface area contributed by atoms with Crippen molar-refractivity contribution in [3.05, 3.63) is 0 Å². The summed E-state index contributed by atoms with van der Waals surface area (Å²) in [5.41, 5.74) is -2.62. The van der Waals surface area contributed by atoms with Gasteiger partial charge in [0.25, 0.3) is 0 Å².